The van der Waals surface area contributed by atoms with Crippen molar-refractivity contribution in [2.75, 3.05) is 0 Å². The zero-order valence-corrected chi connectivity index (χ0v) is 8.93. The van der Waals surface area contributed by atoms with Crippen molar-refractivity contribution in [3.8, 4) is 0 Å². The Morgan fingerprint density at radius 1 is 0.533 bits per heavy atom. The van der Waals surface area contributed by atoms with Gasteiger partial charge in [-0.3, -0.25) is 0 Å². The number of hydrogen-bond acceptors (Lipinski definition) is 12. The van der Waals surface area contributed by atoms with Gasteiger partial charge in [-0.2, -0.15) is 0 Å². The molecule has 0 atom stereocenters. The Labute approximate surface area is 95.2 Å². The van der Waals surface area contributed by atoms with Gasteiger partial charge in [-0.15, -0.1) is 21.4 Å². The van der Waals surface area contributed by atoms with Crippen LogP contribution in [0.2, 0.25) is 0 Å². The number of rotatable bonds is 0. The van der Waals surface area contributed by atoms with E-state index in [4.69, 9.17) is 40.5 Å². The molecule has 0 aliphatic carbocycles. The van der Waals surface area contributed by atoms with Gasteiger partial charge in [0.2, 0.25) is 0 Å². The van der Waals surface area contributed by atoms with Crippen LogP contribution in [0.25, 0.3) is 0 Å². The van der Waals surface area contributed by atoms with Gasteiger partial charge in [-0.1, -0.05) is 0 Å². The number of nitrogens with zero attached hydrogens (tertiary/aromatic N) is 4. The molecule has 0 fully saturated rings. The first-order valence-corrected chi connectivity index (χ1v) is 1.46. The molecule has 15 heteroatoms. The Hall–Kier alpha value is -1.82. The number of hydrogen-bond donors (Lipinski definition) is 2. The van der Waals surface area contributed by atoms with E-state index in [-0.39, 0.29) is 32.7 Å². The molecule has 0 amide bonds. The molecule has 0 spiro atoms. The van der Waals surface area contributed by atoms with Gasteiger partial charge in [0.05, 0.1) is 0 Å². The van der Waals surface area contributed by atoms with Gasteiger partial charge in [0, 0.05) is 20.4 Å². The van der Waals surface area contributed by atoms with Crippen LogP contribution in [0.4, 0.5) is 0 Å². The standard InChI is InChI=1S/4HNO2.2H3N.Pd/c4*2-1-3;;;/h4*(H,2,3);2*1H3;/p-2. The second kappa shape index (κ2) is 320. The molecule has 0 aromatic carbocycles. The second-order valence-electron chi connectivity index (χ2n) is 0.298. The first-order valence-electron chi connectivity index (χ1n) is 1.46. The molecule has 0 heterocycles. The summed E-state index contributed by atoms with van der Waals surface area (Å²) in [7, 11) is 0. The van der Waals surface area contributed by atoms with Crippen LogP contribution < -0.4 is 12.3 Å². The first kappa shape index (κ1) is 51.2. The van der Waals surface area contributed by atoms with E-state index < -0.39 is 0 Å². The predicted molar refractivity (Wildman–Crippen MR) is 48.6 cm³/mol. The molecule has 98 valence electrons. The van der Waals surface area contributed by atoms with E-state index in [0.29, 0.717) is 0 Å². The average molecular weight is 327 g/mol. The Morgan fingerprint density at radius 2 is 0.533 bits per heavy atom. The fourth-order valence-electron chi connectivity index (χ4n) is 0. The largest absolute Gasteiger partial charge is 0.444 e. The zero-order valence-electron chi connectivity index (χ0n) is 7.37. The minimum Gasteiger partial charge on any atom is -0.444 e. The molecule has 14 nitrogen and oxygen atoms in total. The fourth-order valence-corrected chi connectivity index (χ4v) is 0. The molecule has 0 saturated heterocycles. The van der Waals surface area contributed by atoms with E-state index in [1.807, 2.05) is 0 Å². The van der Waals surface area contributed by atoms with Gasteiger partial charge in [0.25, 0.3) is 0 Å². The van der Waals surface area contributed by atoms with Crippen LogP contribution in [0.1, 0.15) is 0 Å². The van der Waals surface area contributed by atoms with Crippen molar-refractivity contribution in [1.29, 1.82) is 0 Å². The predicted octanol–water partition coefficient (Wildman–Crippen LogP) is 1.75. The Bertz CT molecular complexity index is 73.1. The topological polar surface area (TPSA) is 283 Å². The van der Waals surface area contributed by atoms with E-state index in [1.54, 1.807) is 0 Å². The van der Waals surface area contributed by atoms with E-state index in [9.17, 15) is 0 Å². The molecule has 0 rings (SSSR count). The third-order valence-electron chi connectivity index (χ3n) is 0. The number of quaternary nitrogens is 2. The Balaban J connectivity index is -0.0000000107. The van der Waals surface area contributed by atoms with Crippen LogP contribution in [0.3, 0.4) is 0 Å². The smallest absolute Gasteiger partial charge is 0 e. The Kier molecular flexibility index (Phi) is 1090. The fraction of sp³-hybridized carbons (Fsp3) is 0. The zero-order chi connectivity index (χ0) is 10.8. The van der Waals surface area contributed by atoms with E-state index in [0.717, 1.165) is 21.4 Å². The molecular weight excluding hydrogens is 318 g/mol. The summed E-state index contributed by atoms with van der Waals surface area (Å²) in [6, 6.07) is 0. The van der Waals surface area contributed by atoms with Crippen LogP contribution in [0, 0.1) is 40.5 Å². The van der Waals surface area contributed by atoms with Crippen molar-refractivity contribution in [2.24, 2.45) is 21.4 Å². The van der Waals surface area contributed by atoms with Crippen molar-refractivity contribution >= 4 is 0 Å². The van der Waals surface area contributed by atoms with E-state index in [1.165, 1.54) is 0 Å². The summed E-state index contributed by atoms with van der Waals surface area (Å²) in [6.07, 6.45) is 0. The first-order chi connectivity index (χ1) is 5.66. The minimum absolute atomic E-state index is 0. The maximum absolute atomic E-state index is 8.00. The van der Waals surface area contributed by atoms with Gasteiger partial charge < -0.3 is 52.8 Å². The van der Waals surface area contributed by atoms with Gasteiger partial charge in [0.1, 0.15) is 0 Å². The van der Waals surface area contributed by atoms with Crippen molar-refractivity contribution in [1.82, 2.24) is 12.3 Å². The molecule has 15 heavy (non-hydrogen) atoms. The molecule has 8 N–H and O–H groups in total. The van der Waals surface area contributed by atoms with Crippen LogP contribution in [0.15, 0.2) is 21.4 Å². The van der Waals surface area contributed by atoms with Gasteiger partial charge in [-0.05, 0) is 0 Å². The third kappa shape index (κ3) is 382. The van der Waals surface area contributed by atoms with Crippen LogP contribution in [-0.2, 0) is 20.4 Å². The third-order valence-corrected chi connectivity index (χ3v) is 0. The average Bonchev–Trinajstić information content (AvgIpc) is 1.92. The quantitative estimate of drug-likeness (QED) is 0.374. The molecule has 0 aromatic rings. The van der Waals surface area contributed by atoms with Crippen LogP contribution >= 0.6 is 0 Å². The molecular formula is H8N6O8Pd-2. The summed E-state index contributed by atoms with van der Waals surface area (Å²) in [5, 5.41) is 36.0. The summed E-state index contributed by atoms with van der Waals surface area (Å²) >= 11 is 0. The van der Waals surface area contributed by atoms with Gasteiger partial charge in [0.15, 0.2) is 0 Å². The van der Waals surface area contributed by atoms with Crippen LogP contribution in [-0.4, -0.2) is 0 Å². The minimum atomic E-state index is 0. The molecule has 0 aromatic heterocycles. The van der Waals surface area contributed by atoms with Crippen molar-refractivity contribution in [3.05, 3.63) is 40.5 Å². The second-order valence-corrected chi connectivity index (χ2v) is 0.298. The molecule has 0 radical (unpaired) electrons. The molecule has 0 unspecified atom stereocenters. The summed E-state index contributed by atoms with van der Waals surface area (Å²) < 4.78 is 0. The summed E-state index contributed by atoms with van der Waals surface area (Å²) in [5.74, 6) is 0. The maximum atomic E-state index is 8.00. The van der Waals surface area contributed by atoms with Gasteiger partial charge >= 0.3 is 0 Å². The van der Waals surface area contributed by atoms with Gasteiger partial charge in [-0.25, -0.2) is 0 Å². The molecule has 0 aliphatic rings. The normalized spacial score (nSPS) is 3.20. The summed E-state index contributed by atoms with van der Waals surface area (Å²) in [5.41, 5.74) is 0. The molecule has 0 aliphatic heterocycles. The SMILES string of the molecule is O=N[O-].O=N[O-].O=N[O-].O=N[O-].[NH4+].[NH4+].[Pd]. The van der Waals surface area contributed by atoms with Crippen molar-refractivity contribution in [3.63, 3.8) is 0 Å². The summed E-state index contributed by atoms with van der Waals surface area (Å²) in [6.45, 7) is 0. The molecule has 0 saturated carbocycles. The van der Waals surface area contributed by atoms with E-state index in [2.05, 4.69) is 0 Å². The monoisotopic (exact) mass is 326 g/mol. The van der Waals surface area contributed by atoms with Crippen molar-refractivity contribution in [2.45, 2.75) is 0 Å². The van der Waals surface area contributed by atoms with Crippen molar-refractivity contribution < 1.29 is 20.4 Å². The molecule has 0 bridgehead atoms. The maximum Gasteiger partial charge on any atom is 0 e. The van der Waals surface area contributed by atoms with E-state index >= 15 is 0 Å². The Morgan fingerprint density at radius 3 is 0.533 bits per heavy atom. The van der Waals surface area contributed by atoms with Crippen LogP contribution in [0.5, 0.6) is 0 Å². The summed E-state index contributed by atoms with van der Waals surface area (Å²) in [4.78, 5) is 32.0.